The summed E-state index contributed by atoms with van der Waals surface area (Å²) in [6.07, 6.45) is 0. The van der Waals surface area contributed by atoms with E-state index >= 15 is 0 Å². The Morgan fingerprint density at radius 1 is 1.19 bits per heavy atom. The zero-order valence-corrected chi connectivity index (χ0v) is 10.2. The van der Waals surface area contributed by atoms with Gasteiger partial charge in [0.25, 0.3) is 0 Å². The van der Waals surface area contributed by atoms with Crippen LogP contribution in [0, 0.1) is 0 Å². The standard InChI is InChI=1S/C12H19NO3/c1-13-11(8-14-2)10-7-9(15-3)5-6-12(10)16-4/h5-7,11,13H,8H2,1-4H3. The maximum atomic E-state index is 5.32. The first-order chi connectivity index (χ1) is 7.76. The third-order valence-corrected chi connectivity index (χ3v) is 2.49. The Morgan fingerprint density at radius 3 is 2.44 bits per heavy atom. The number of benzene rings is 1. The van der Waals surface area contributed by atoms with Crippen molar-refractivity contribution in [2.45, 2.75) is 6.04 Å². The summed E-state index contributed by atoms with van der Waals surface area (Å²) in [5.74, 6) is 1.64. The number of hydrogen-bond acceptors (Lipinski definition) is 4. The van der Waals surface area contributed by atoms with Crippen LogP contribution in [-0.2, 0) is 4.74 Å². The molecule has 4 heteroatoms. The van der Waals surface area contributed by atoms with E-state index in [2.05, 4.69) is 5.32 Å². The van der Waals surface area contributed by atoms with Crippen molar-refractivity contribution in [1.82, 2.24) is 5.32 Å². The fourth-order valence-corrected chi connectivity index (χ4v) is 1.61. The third-order valence-electron chi connectivity index (χ3n) is 2.49. The van der Waals surface area contributed by atoms with Crippen LogP contribution in [0.4, 0.5) is 0 Å². The molecular formula is C12H19NO3. The van der Waals surface area contributed by atoms with E-state index in [0.29, 0.717) is 6.61 Å². The lowest BCUT2D eigenvalue weighted by Crippen LogP contribution is -2.21. The molecule has 1 unspecified atom stereocenters. The van der Waals surface area contributed by atoms with Crippen LogP contribution in [0.3, 0.4) is 0 Å². The van der Waals surface area contributed by atoms with Crippen LogP contribution in [0.2, 0.25) is 0 Å². The summed E-state index contributed by atoms with van der Waals surface area (Å²) in [6, 6.07) is 5.82. The minimum atomic E-state index is 0.0926. The highest BCUT2D eigenvalue weighted by molar-refractivity contribution is 5.42. The van der Waals surface area contributed by atoms with Gasteiger partial charge in [0.05, 0.1) is 26.9 Å². The van der Waals surface area contributed by atoms with Gasteiger partial charge >= 0.3 is 0 Å². The molecule has 0 amide bonds. The first-order valence-electron chi connectivity index (χ1n) is 5.15. The summed E-state index contributed by atoms with van der Waals surface area (Å²) >= 11 is 0. The Balaban J connectivity index is 3.05. The van der Waals surface area contributed by atoms with E-state index in [1.165, 1.54) is 0 Å². The first-order valence-corrected chi connectivity index (χ1v) is 5.15. The largest absolute Gasteiger partial charge is 0.497 e. The van der Waals surface area contributed by atoms with Gasteiger partial charge in [-0.1, -0.05) is 0 Å². The molecule has 0 saturated heterocycles. The molecule has 0 bridgehead atoms. The molecule has 1 atom stereocenters. The smallest absolute Gasteiger partial charge is 0.123 e. The van der Waals surface area contributed by atoms with Crippen LogP contribution in [0.5, 0.6) is 11.5 Å². The molecule has 1 aromatic rings. The molecule has 1 rings (SSSR count). The van der Waals surface area contributed by atoms with Gasteiger partial charge in [-0.25, -0.2) is 0 Å². The average Bonchev–Trinajstić information content (AvgIpc) is 2.35. The van der Waals surface area contributed by atoms with Crippen molar-refractivity contribution in [2.24, 2.45) is 0 Å². The van der Waals surface area contributed by atoms with Crippen molar-refractivity contribution in [2.75, 3.05) is 35.0 Å². The molecule has 4 nitrogen and oxygen atoms in total. The Labute approximate surface area is 96.5 Å². The molecule has 16 heavy (non-hydrogen) atoms. The molecule has 0 aromatic heterocycles. The van der Waals surface area contributed by atoms with Crippen molar-refractivity contribution in [3.63, 3.8) is 0 Å². The lowest BCUT2D eigenvalue weighted by atomic mass is 10.1. The van der Waals surface area contributed by atoms with Crippen LogP contribution < -0.4 is 14.8 Å². The fourth-order valence-electron chi connectivity index (χ4n) is 1.61. The van der Waals surface area contributed by atoms with E-state index in [0.717, 1.165) is 17.1 Å². The van der Waals surface area contributed by atoms with Crippen LogP contribution in [0.25, 0.3) is 0 Å². The molecule has 0 fully saturated rings. The number of methoxy groups -OCH3 is 3. The second-order valence-electron chi connectivity index (χ2n) is 3.40. The predicted molar refractivity (Wildman–Crippen MR) is 63.2 cm³/mol. The van der Waals surface area contributed by atoms with E-state index in [-0.39, 0.29) is 6.04 Å². The van der Waals surface area contributed by atoms with E-state index in [9.17, 15) is 0 Å². The quantitative estimate of drug-likeness (QED) is 0.798. The summed E-state index contributed by atoms with van der Waals surface area (Å²) in [5.41, 5.74) is 1.03. The zero-order valence-electron chi connectivity index (χ0n) is 10.2. The molecule has 1 N–H and O–H groups in total. The van der Waals surface area contributed by atoms with Crippen LogP contribution >= 0.6 is 0 Å². The number of rotatable bonds is 6. The molecule has 0 aliphatic heterocycles. The normalized spacial score (nSPS) is 12.2. The molecule has 0 radical (unpaired) electrons. The lowest BCUT2D eigenvalue weighted by Gasteiger charge is -2.19. The minimum Gasteiger partial charge on any atom is -0.497 e. The second kappa shape index (κ2) is 6.35. The highest BCUT2D eigenvalue weighted by Crippen LogP contribution is 2.29. The van der Waals surface area contributed by atoms with Crippen LogP contribution in [-0.4, -0.2) is 35.0 Å². The van der Waals surface area contributed by atoms with Crippen LogP contribution in [0.1, 0.15) is 11.6 Å². The van der Waals surface area contributed by atoms with E-state index < -0.39 is 0 Å². The summed E-state index contributed by atoms with van der Waals surface area (Å²) in [5, 5.41) is 3.18. The third kappa shape index (κ3) is 2.87. The summed E-state index contributed by atoms with van der Waals surface area (Å²) in [7, 11) is 6.88. The van der Waals surface area contributed by atoms with Crippen molar-refractivity contribution in [3.8, 4) is 11.5 Å². The Morgan fingerprint density at radius 2 is 1.94 bits per heavy atom. The van der Waals surface area contributed by atoms with Crippen molar-refractivity contribution in [3.05, 3.63) is 23.8 Å². The molecule has 0 aliphatic carbocycles. The zero-order chi connectivity index (χ0) is 12.0. The highest BCUT2D eigenvalue weighted by atomic mass is 16.5. The van der Waals surface area contributed by atoms with Gasteiger partial charge in [-0.05, 0) is 25.2 Å². The predicted octanol–water partition coefficient (Wildman–Crippen LogP) is 1.61. The van der Waals surface area contributed by atoms with E-state index in [4.69, 9.17) is 14.2 Å². The van der Waals surface area contributed by atoms with E-state index in [1.54, 1.807) is 21.3 Å². The molecular weight excluding hydrogens is 206 g/mol. The SMILES string of the molecule is CNC(COC)c1cc(OC)ccc1OC. The fraction of sp³-hybridized carbons (Fsp3) is 0.500. The maximum Gasteiger partial charge on any atom is 0.123 e. The number of hydrogen-bond donors (Lipinski definition) is 1. The van der Waals surface area contributed by atoms with Gasteiger partial charge in [-0.2, -0.15) is 0 Å². The van der Waals surface area contributed by atoms with Gasteiger partial charge in [0, 0.05) is 12.7 Å². The van der Waals surface area contributed by atoms with Crippen molar-refractivity contribution < 1.29 is 14.2 Å². The topological polar surface area (TPSA) is 39.7 Å². The monoisotopic (exact) mass is 225 g/mol. The Bertz CT molecular complexity index is 328. The summed E-state index contributed by atoms with van der Waals surface area (Å²) in [6.45, 7) is 0.583. The lowest BCUT2D eigenvalue weighted by molar-refractivity contribution is 0.169. The van der Waals surface area contributed by atoms with Crippen molar-refractivity contribution >= 4 is 0 Å². The summed E-state index contributed by atoms with van der Waals surface area (Å²) in [4.78, 5) is 0. The summed E-state index contributed by atoms with van der Waals surface area (Å²) < 4.78 is 15.7. The number of likely N-dealkylation sites (N-methyl/N-ethyl adjacent to an activating group) is 1. The van der Waals surface area contributed by atoms with Crippen molar-refractivity contribution in [1.29, 1.82) is 0 Å². The second-order valence-corrected chi connectivity index (χ2v) is 3.40. The van der Waals surface area contributed by atoms with Gasteiger partial charge in [-0.15, -0.1) is 0 Å². The van der Waals surface area contributed by atoms with Crippen LogP contribution in [0.15, 0.2) is 18.2 Å². The average molecular weight is 225 g/mol. The number of ether oxygens (including phenoxy) is 3. The van der Waals surface area contributed by atoms with Gasteiger partial charge in [0.1, 0.15) is 11.5 Å². The van der Waals surface area contributed by atoms with E-state index in [1.807, 2.05) is 25.2 Å². The molecule has 90 valence electrons. The maximum absolute atomic E-state index is 5.32. The Hall–Kier alpha value is -1.26. The molecule has 0 saturated carbocycles. The van der Waals surface area contributed by atoms with Gasteiger partial charge in [0.2, 0.25) is 0 Å². The first kappa shape index (κ1) is 12.8. The highest BCUT2D eigenvalue weighted by Gasteiger charge is 2.15. The Kier molecular flexibility index (Phi) is 5.08. The minimum absolute atomic E-state index is 0.0926. The van der Waals surface area contributed by atoms with Gasteiger partial charge in [0.15, 0.2) is 0 Å². The van der Waals surface area contributed by atoms with Gasteiger partial charge in [-0.3, -0.25) is 0 Å². The molecule has 0 aliphatic rings. The molecule has 1 aromatic carbocycles. The number of nitrogens with one attached hydrogen (secondary N) is 1. The molecule has 0 heterocycles. The van der Waals surface area contributed by atoms with Gasteiger partial charge < -0.3 is 19.5 Å². The molecule has 0 spiro atoms.